The summed E-state index contributed by atoms with van der Waals surface area (Å²) in [6.45, 7) is 2.18. The van der Waals surface area contributed by atoms with Gasteiger partial charge in [-0.2, -0.15) is 0 Å². The number of carbonyl (C=O) groups excluding carboxylic acids is 3. The number of nitrogens with zero attached hydrogens (tertiary/aromatic N) is 8. The second kappa shape index (κ2) is 23.5. The Balaban J connectivity index is 0.881. The molecule has 0 spiro atoms. The molecule has 2 N–H and O–H groups in total. The van der Waals surface area contributed by atoms with Gasteiger partial charge < -0.3 is 48.1 Å². The number of hydrogen-bond donors (Lipinski definition) is 2. The predicted octanol–water partition coefficient (Wildman–Crippen LogP) is 8.93. The molecule has 5 aromatic carbocycles. The molecule has 81 heavy (non-hydrogen) atoms. The number of methoxy groups -OCH3 is 2. The van der Waals surface area contributed by atoms with Gasteiger partial charge in [-0.25, -0.2) is 29.9 Å². The standard InChI is InChI=1S/C58H55N10O12P/c1-36(69)77-44-28-48(67-34-63-50-52(59-32-61-54(50)67)65-56(70)37-14-8-5-9-15-37)79-47(44)31-76-81(4,72)80-45-29-49(68-35-64-51-53(60-33-62-55(51)68)66-57(71)38-16-10-6-11-17-38)78-46(45)30-75-58(39-18-12-7-13-19-39,40-20-24-42(73-2)25-21-40)41-22-26-43(74-3)27-23-41/h5-27,32-35,44-49H,28-31H2,1-4H3,(H,59,61,65,70)(H,60,62,66,71)/t44-,45-,46+,47+,48+,49+,81-/m0/s1. The van der Waals surface area contributed by atoms with E-state index in [-0.39, 0.29) is 49.5 Å². The fraction of sp³-hybridized carbons (Fsp3) is 0.259. The molecular weight excluding hydrogens is 1060 g/mol. The van der Waals surface area contributed by atoms with Gasteiger partial charge >= 0.3 is 13.6 Å². The van der Waals surface area contributed by atoms with Crippen molar-refractivity contribution in [1.29, 1.82) is 0 Å². The van der Waals surface area contributed by atoms with E-state index >= 15 is 0 Å². The van der Waals surface area contributed by atoms with Gasteiger partial charge in [0, 0.05) is 37.6 Å². The summed E-state index contributed by atoms with van der Waals surface area (Å²) in [4.78, 5) is 65.7. The molecule has 414 valence electrons. The quantitative estimate of drug-likeness (QED) is 0.0410. The number of esters is 1. The number of imidazole rings is 2. The molecule has 0 unspecified atom stereocenters. The number of fused-ring (bicyclic) bond motifs is 2. The van der Waals surface area contributed by atoms with E-state index in [0.29, 0.717) is 45.0 Å². The van der Waals surface area contributed by atoms with Crippen molar-refractivity contribution >= 4 is 59.3 Å². The largest absolute Gasteiger partial charge is 0.497 e. The maximum Gasteiger partial charge on any atom is 0.328 e. The fourth-order valence-corrected chi connectivity index (χ4v) is 11.3. The van der Waals surface area contributed by atoms with E-state index in [2.05, 4.69) is 40.5 Å². The molecule has 6 heterocycles. The summed E-state index contributed by atoms with van der Waals surface area (Å²) in [5.41, 5.74) is 3.21. The highest BCUT2D eigenvalue weighted by Gasteiger charge is 2.46. The molecule has 23 heteroatoms. The lowest BCUT2D eigenvalue weighted by Gasteiger charge is -2.37. The Morgan fingerprint density at radius 1 is 0.593 bits per heavy atom. The number of amides is 2. The van der Waals surface area contributed by atoms with Crippen molar-refractivity contribution in [3.8, 4) is 11.5 Å². The first kappa shape index (κ1) is 54.2. The molecule has 0 bridgehead atoms. The first-order valence-electron chi connectivity index (χ1n) is 25.8. The van der Waals surface area contributed by atoms with Gasteiger partial charge in [-0.05, 0) is 65.2 Å². The number of hydrogen-bond acceptors (Lipinski definition) is 18. The lowest BCUT2D eigenvalue weighted by atomic mass is 9.80. The normalized spacial score (nSPS) is 19.7. The molecule has 22 nitrogen and oxygen atoms in total. The summed E-state index contributed by atoms with van der Waals surface area (Å²) in [5, 5.41) is 5.66. The van der Waals surface area contributed by atoms with E-state index in [1.165, 1.54) is 38.9 Å². The molecule has 2 saturated heterocycles. The van der Waals surface area contributed by atoms with Gasteiger partial charge in [0.05, 0.1) is 46.2 Å². The highest BCUT2D eigenvalue weighted by atomic mass is 31.2. The number of rotatable bonds is 20. The molecule has 0 saturated carbocycles. The van der Waals surface area contributed by atoms with Crippen molar-refractivity contribution in [2.45, 2.75) is 62.2 Å². The summed E-state index contributed by atoms with van der Waals surface area (Å²) in [6, 6.07) is 42.3. The van der Waals surface area contributed by atoms with Crippen LogP contribution in [0.15, 0.2) is 165 Å². The van der Waals surface area contributed by atoms with Crippen molar-refractivity contribution in [2.75, 3.05) is 44.7 Å². The number of ether oxygens (including phenoxy) is 6. The van der Waals surface area contributed by atoms with Crippen LogP contribution in [0.1, 0.15) is 69.6 Å². The molecule has 2 amide bonds. The SMILES string of the molecule is COc1ccc(C(OC[C@H]2O[C@@H](n3cnc4c(NC(=O)c5ccccc5)ncnc43)C[C@@H]2O[P@@](C)(=O)OC[C@H]2O[C@@H](n3cnc4c(NC(=O)c5ccccc5)ncnc43)C[C@@H]2OC(C)=O)(c2ccccc2)c2ccc(OC)cc2)cc1. The van der Waals surface area contributed by atoms with E-state index in [0.717, 1.165) is 16.7 Å². The summed E-state index contributed by atoms with van der Waals surface area (Å²) in [5.74, 6) is 0.330. The second-order valence-corrected chi connectivity index (χ2v) is 21.1. The monoisotopic (exact) mass is 1110 g/mol. The lowest BCUT2D eigenvalue weighted by Crippen LogP contribution is -2.38. The summed E-state index contributed by atoms with van der Waals surface area (Å²) in [7, 11) is -0.881. The molecule has 2 aliphatic heterocycles. The van der Waals surface area contributed by atoms with Gasteiger partial charge in [0.15, 0.2) is 34.0 Å². The van der Waals surface area contributed by atoms with E-state index in [9.17, 15) is 18.9 Å². The van der Waals surface area contributed by atoms with E-state index in [1.54, 1.807) is 71.9 Å². The van der Waals surface area contributed by atoms with Gasteiger partial charge in [0.1, 0.15) is 60.5 Å². The Morgan fingerprint density at radius 2 is 1.04 bits per heavy atom. The lowest BCUT2D eigenvalue weighted by molar-refractivity contribution is -0.150. The summed E-state index contributed by atoms with van der Waals surface area (Å²) in [6.07, 6.45) is 0.596. The fourth-order valence-electron chi connectivity index (χ4n) is 10.1. The molecule has 7 atom stereocenters. The number of carbonyl (C=O) groups is 3. The van der Waals surface area contributed by atoms with Gasteiger partial charge in [0.25, 0.3) is 11.8 Å². The van der Waals surface area contributed by atoms with Crippen molar-refractivity contribution < 1.29 is 56.4 Å². The van der Waals surface area contributed by atoms with E-state index in [4.69, 9.17) is 37.5 Å². The number of anilines is 2. The van der Waals surface area contributed by atoms with E-state index in [1.807, 2.05) is 91.0 Å². The third-order valence-electron chi connectivity index (χ3n) is 14.0. The molecule has 4 aromatic heterocycles. The van der Waals surface area contributed by atoms with Crippen molar-refractivity contribution in [3.05, 3.63) is 193 Å². The Kier molecular flexibility index (Phi) is 15.7. The molecular formula is C58H55N10O12P. The summed E-state index contributed by atoms with van der Waals surface area (Å²) < 4.78 is 68.6. The highest BCUT2D eigenvalue weighted by molar-refractivity contribution is 7.53. The van der Waals surface area contributed by atoms with Crippen molar-refractivity contribution in [2.24, 2.45) is 0 Å². The first-order valence-corrected chi connectivity index (χ1v) is 27.8. The van der Waals surface area contributed by atoms with Crippen LogP contribution >= 0.6 is 7.60 Å². The first-order chi connectivity index (χ1) is 39.4. The van der Waals surface area contributed by atoms with Gasteiger partial charge in [-0.3, -0.25) is 28.1 Å². The van der Waals surface area contributed by atoms with Crippen molar-refractivity contribution in [3.63, 3.8) is 0 Å². The Hall–Kier alpha value is -8.76. The maximum absolute atomic E-state index is 14.9. The van der Waals surface area contributed by atoms with Crippen LogP contribution in [0.25, 0.3) is 22.3 Å². The minimum absolute atomic E-state index is 0.0984. The zero-order chi connectivity index (χ0) is 56.1. The summed E-state index contributed by atoms with van der Waals surface area (Å²) >= 11 is 0. The van der Waals surface area contributed by atoms with Crippen LogP contribution in [0, 0.1) is 0 Å². The molecule has 11 rings (SSSR count). The minimum Gasteiger partial charge on any atom is -0.497 e. The number of aromatic nitrogens is 8. The molecule has 0 aliphatic carbocycles. The van der Waals surface area contributed by atoms with Crippen LogP contribution in [-0.4, -0.2) is 115 Å². The van der Waals surface area contributed by atoms with Crippen LogP contribution < -0.4 is 20.1 Å². The number of benzene rings is 5. The highest BCUT2D eigenvalue weighted by Crippen LogP contribution is 2.51. The molecule has 0 radical (unpaired) electrons. The molecule has 2 fully saturated rings. The average molecular weight is 1120 g/mol. The second-order valence-electron chi connectivity index (χ2n) is 19.1. The van der Waals surface area contributed by atoms with Gasteiger partial charge in [-0.1, -0.05) is 91.0 Å². The van der Waals surface area contributed by atoms with Crippen LogP contribution in [0.3, 0.4) is 0 Å². The van der Waals surface area contributed by atoms with Crippen LogP contribution in [0.5, 0.6) is 11.5 Å². The Bertz CT molecular complexity index is 3680. The smallest absolute Gasteiger partial charge is 0.328 e. The Labute approximate surface area is 464 Å². The van der Waals surface area contributed by atoms with Crippen molar-refractivity contribution in [1.82, 2.24) is 39.0 Å². The van der Waals surface area contributed by atoms with E-state index < -0.39 is 56.0 Å². The predicted molar refractivity (Wildman–Crippen MR) is 295 cm³/mol. The van der Waals surface area contributed by atoms with Crippen LogP contribution in [-0.2, 0) is 43.0 Å². The zero-order valence-electron chi connectivity index (χ0n) is 44.3. The van der Waals surface area contributed by atoms with Gasteiger partial charge in [0.2, 0.25) is 0 Å². The van der Waals surface area contributed by atoms with Gasteiger partial charge in [-0.15, -0.1) is 0 Å². The average Bonchev–Trinajstić information content (AvgIpc) is 4.41. The maximum atomic E-state index is 14.9. The third kappa shape index (κ3) is 11.5. The molecule has 2 aliphatic rings. The van der Waals surface area contributed by atoms with Crippen LogP contribution in [0.2, 0.25) is 0 Å². The molecule has 9 aromatic rings. The Morgan fingerprint density at radius 3 is 1.51 bits per heavy atom. The third-order valence-corrected chi connectivity index (χ3v) is 15.3. The minimum atomic E-state index is -4.08. The topological polar surface area (TPSA) is 253 Å². The number of nitrogens with one attached hydrogen (secondary N) is 2. The zero-order valence-corrected chi connectivity index (χ0v) is 45.2. The van der Waals surface area contributed by atoms with Crippen LogP contribution in [0.4, 0.5) is 11.6 Å².